The van der Waals surface area contributed by atoms with Crippen LogP contribution in [0.3, 0.4) is 0 Å². The molecule has 3 aromatic heterocycles. The van der Waals surface area contributed by atoms with Gasteiger partial charge in [0, 0.05) is 24.5 Å². The van der Waals surface area contributed by atoms with Crippen molar-refractivity contribution in [2.75, 3.05) is 5.32 Å². The fourth-order valence-corrected chi connectivity index (χ4v) is 4.20. The smallest absolute Gasteiger partial charge is 0.281 e. The molecule has 0 atom stereocenters. The zero-order valence-electron chi connectivity index (χ0n) is 16.5. The van der Waals surface area contributed by atoms with Crippen LogP contribution >= 0.6 is 0 Å². The molecule has 3 aromatic rings. The fraction of sp³-hybridized carbons (Fsp3) is 0.476. The van der Waals surface area contributed by atoms with E-state index in [1.165, 1.54) is 0 Å². The highest BCUT2D eigenvalue weighted by atomic mass is 19.3. The number of carbonyl (C=O) groups excluding carboxylic acids is 1. The molecule has 8 heteroatoms. The molecule has 1 amide bonds. The Morgan fingerprint density at radius 3 is 2.69 bits per heavy atom. The lowest BCUT2D eigenvalue weighted by atomic mass is 9.77. The van der Waals surface area contributed by atoms with Gasteiger partial charge in [-0.25, -0.2) is 18.7 Å². The third-order valence-corrected chi connectivity index (χ3v) is 5.96. The molecular formula is C21H25F2N5O. The van der Waals surface area contributed by atoms with Crippen LogP contribution in [0.1, 0.15) is 73.8 Å². The van der Waals surface area contributed by atoms with Crippen molar-refractivity contribution < 1.29 is 13.6 Å². The second kappa shape index (κ2) is 7.93. The lowest BCUT2D eigenvalue weighted by Gasteiger charge is -2.29. The van der Waals surface area contributed by atoms with E-state index in [0.717, 1.165) is 25.7 Å². The molecule has 0 unspecified atom stereocenters. The molecule has 0 aromatic carbocycles. The SMILES string of the molecule is CC(C)C1CCC(c2nc(NC(=O)c3ccn4cccnc34)c(C(F)F)[nH]2)CC1. The molecule has 154 valence electrons. The standard InChI is InChI=1S/C21H25F2N5O/c1-12(2)13-4-6-14(7-5-13)18-25-16(17(22)23)19(26-18)27-21(29)15-8-11-28-10-3-9-24-20(15)28/h3,8-14,17H,4-7H2,1-2H3,(H,25,26)(H,27,29). The van der Waals surface area contributed by atoms with Gasteiger partial charge < -0.3 is 14.7 Å². The summed E-state index contributed by atoms with van der Waals surface area (Å²) in [7, 11) is 0. The van der Waals surface area contributed by atoms with Crippen LogP contribution in [0, 0.1) is 11.8 Å². The average Bonchev–Trinajstić information content (AvgIpc) is 3.32. The monoisotopic (exact) mass is 401 g/mol. The lowest BCUT2D eigenvalue weighted by Crippen LogP contribution is -2.18. The number of hydrogen-bond donors (Lipinski definition) is 2. The summed E-state index contributed by atoms with van der Waals surface area (Å²) in [6.45, 7) is 4.45. The van der Waals surface area contributed by atoms with Crippen molar-refractivity contribution in [1.29, 1.82) is 0 Å². The highest BCUT2D eigenvalue weighted by Crippen LogP contribution is 2.39. The van der Waals surface area contributed by atoms with Crippen molar-refractivity contribution in [3.8, 4) is 0 Å². The molecule has 1 aliphatic carbocycles. The largest absolute Gasteiger partial charge is 0.339 e. The Kier molecular flexibility index (Phi) is 5.34. The molecular weight excluding hydrogens is 376 g/mol. The molecule has 1 saturated carbocycles. The van der Waals surface area contributed by atoms with Crippen molar-refractivity contribution in [2.24, 2.45) is 11.8 Å². The van der Waals surface area contributed by atoms with Crippen LogP contribution in [0.4, 0.5) is 14.6 Å². The Morgan fingerprint density at radius 1 is 1.24 bits per heavy atom. The van der Waals surface area contributed by atoms with Gasteiger partial charge in [-0.15, -0.1) is 0 Å². The summed E-state index contributed by atoms with van der Waals surface area (Å²) in [5.74, 6) is 1.36. The first-order valence-electron chi connectivity index (χ1n) is 10.0. The van der Waals surface area contributed by atoms with Crippen molar-refractivity contribution in [2.45, 2.75) is 51.9 Å². The number of H-pyrrole nitrogens is 1. The Hall–Kier alpha value is -2.77. The molecule has 0 spiro atoms. The normalized spacial score (nSPS) is 19.9. The summed E-state index contributed by atoms with van der Waals surface area (Å²) >= 11 is 0. The van der Waals surface area contributed by atoms with Crippen LogP contribution in [0.15, 0.2) is 30.7 Å². The predicted molar refractivity (Wildman–Crippen MR) is 106 cm³/mol. The molecule has 0 bridgehead atoms. The first-order chi connectivity index (χ1) is 13.9. The third kappa shape index (κ3) is 3.88. The summed E-state index contributed by atoms with van der Waals surface area (Å²) in [6, 6.07) is 3.36. The number of aromatic nitrogens is 4. The van der Waals surface area contributed by atoms with E-state index < -0.39 is 12.3 Å². The molecule has 0 aliphatic heterocycles. The van der Waals surface area contributed by atoms with Crippen LogP contribution in [0.5, 0.6) is 0 Å². The van der Waals surface area contributed by atoms with E-state index in [2.05, 4.69) is 34.1 Å². The quantitative estimate of drug-likeness (QED) is 0.619. The number of fused-ring (bicyclic) bond motifs is 1. The van der Waals surface area contributed by atoms with Gasteiger partial charge in [0.05, 0.1) is 5.56 Å². The van der Waals surface area contributed by atoms with Crippen LogP contribution in [0.2, 0.25) is 0 Å². The second-order valence-corrected chi connectivity index (χ2v) is 8.07. The molecule has 3 heterocycles. The highest BCUT2D eigenvalue weighted by molar-refractivity contribution is 6.08. The number of nitrogens with one attached hydrogen (secondary N) is 2. The summed E-state index contributed by atoms with van der Waals surface area (Å²) in [5, 5.41) is 2.56. The zero-order valence-corrected chi connectivity index (χ0v) is 16.5. The van der Waals surface area contributed by atoms with Crippen LogP contribution < -0.4 is 5.32 Å². The summed E-state index contributed by atoms with van der Waals surface area (Å²) in [4.78, 5) is 24.0. The summed E-state index contributed by atoms with van der Waals surface area (Å²) < 4.78 is 28.9. The molecule has 2 N–H and O–H groups in total. The van der Waals surface area contributed by atoms with Gasteiger partial charge in [0.1, 0.15) is 17.2 Å². The Labute approximate surface area is 167 Å². The number of alkyl halides is 2. The molecule has 4 rings (SSSR count). The van der Waals surface area contributed by atoms with Crippen molar-refractivity contribution >= 4 is 17.4 Å². The van der Waals surface area contributed by atoms with E-state index in [1.54, 1.807) is 35.1 Å². The second-order valence-electron chi connectivity index (χ2n) is 8.07. The molecule has 1 aliphatic rings. The van der Waals surface area contributed by atoms with E-state index >= 15 is 0 Å². The number of amides is 1. The van der Waals surface area contributed by atoms with Gasteiger partial charge in [0.25, 0.3) is 12.3 Å². The van der Waals surface area contributed by atoms with Crippen LogP contribution in [0.25, 0.3) is 5.65 Å². The van der Waals surface area contributed by atoms with Gasteiger partial charge in [-0.05, 0) is 49.7 Å². The minimum atomic E-state index is -2.75. The Morgan fingerprint density at radius 2 is 2.00 bits per heavy atom. The number of halogens is 2. The number of anilines is 1. The van der Waals surface area contributed by atoms with Crippen LogP contribution in [-0.2, 0) is 0 Å². The van der Waals surface area contributed by atoms with E-state index in [4.69, 9.17) is 0 Å². The van der Waals surface area contributed by atoms with Gasteiger partial charge >= 0.3 is 0 Å². The molecule has 1 fully saturated rings. The summed E-state index contributed by atoms with van der Waals surface area (Å²) in [6.07, 6.45) is 6.27. The Bertz CT molecular complexity index is 1000. The first kappa shape index (κ1) is 19.5. The summed E-state index contributed by atoms with van der Waals surface area (Å²) in [5.41, 5.74) is 0.440. The fourth-order valence-electron chi connectivity index (χ4n) is 4.20. The average molecular weight is 401 g/mol. The van der Waals surface area contributed by atoms with Crippen LogP contribution in [-0.4, -0.2) is 25.3 Å². The molecule has 29 heavy (non-hydrogen) atoms. The van der Waals surface area contributed by atoms with Gasteiger partial charge in [0.15, 0.2) is 5.82 Å². The minimum Gasteiger partial charge on any atom is -0.339 e. The van der Waals surface area contributed by atoms with Crippen molar-refractivity contribution in [1.82, 2.24) is 19.4 Å². The lowest BCUT2D eigenvalue weighted by molar-refractivity contribution is 0.102. The number of rotatable bonds is 5. The maximum atomic E-state index is 13.6. The van der Waals surface area contributed by atoms with E-state index in [1.807, 2.05) is 0 Å². The van der Waals surface area contributed by atoms with Gasteiger partial charge in [-0.1, -0.05) is 13.8 Å². The topological polar surface area (TPSA) is 75.1 Å². The highest BCUT2D eigenvalue weighted by Gasteiger charge is 2.29. The van der Waals surface area contributed by atoms with E-state index in [0.29, 0.717) is 28.9 Å². The number of aromatic amines is 1. The van der Waals surface area contributed by atoms with E-state index in [9.17, 15) is 13.6 Å². The van der Waals surface area contributed by atoms with Gasteiger partial charge in [-0.2, -0.15) is 0 Å². The maximum Gasteiger partial charge on any atom is 0.281 e. The van der Waals surface area contributed by atoms with Crippen molar-refractivity contribution in [3.05, 3.63) is 47.8 Å². The molecule has 0 saturated heterocycles. The molecule has 6 nitrogen and oxygen atoms in total. The number of nitrogens with zero attached hydrogens (tertiary/aromatic N) is 3. The number of carbonyl (C=O) groups is 1. The maximum absolute atomic E-state index is 13.6. The van der Waals surface area contributed by atoms with Crippen molar-refractivity contribution in [3.63, 3.8) is 0 Å². The van der Waals surface area contributed by atoms with E-state index in [-0.39, 0.29) is 17.4 Å². The van der Waals surface area contributed by atoms with Gasteiger partial charge in [-0.3, -0.25) is 4.79 Å². The van der Waals surface area contributed by atoms with Gasteiger partial charge in [0.2, 0.25) is 0 Å². The first-order valence-corrected chi connectivity index (χ1v) is 10.0. The molecule has 0 radical (unpaired) electrons. The minimum absolute atomic E-state index is 0.0961. The number of imidazole rings is 1. The zero-order chi connectivity index (χ0) is 20.5. The number of hydrogen-bond acceptors (Lipinski definition) is 3. The Balaban J connectivity index is 1.55. The predicted octanol–water partition coefficient (Wildman–Crippen LogP) is 5.18. The third-order valence-electron chi connectivity index (χ3n) is 5.96.